The molecule has 1 saturated heterocycles. The SMILES string of the molecule is CC1(c2ccc(Cl)cc2Cl)NC(=O)N(CC(=O)Nc2ccccc2Cc2ccccc2)C1=O. The van der Waals surface area contributed by atoms with Gasteiger partial charge in [0.25, 0.3) is 5.91 Å². The number of amides is 4. The van der Waals surface area contributed by atoms with Crippen molar-refractivity contribution in [1.29, 1.82) is 0 Å². The summed E-state index contributed by atoms with van der Waals surface area (Å²) in [7, 11) is 0. The first-order valence-corrected chi connectivity index (χ1v) is 11.0. The van der Waals surface area contributed by atoms with Gasteiger partial charge in [0.05, 0.1) is 0 Å². The van der Waals surface area contributed by atoms with Gasteiger partial charge in [-0.05, 0) is 42.7 Å². The molecule has 33 heavy (non-hydrogen) atoms. The highest BCUT2D eigenvalue weighted by atomic mass is 35.5. The predicted molar refractivity (Wildman–Crippen MR) is 128 cm³/mol. The standard InChI is InChI=1S/C25H21Cl2N3O3/c1-25(19-12-11-18(26)14-20(19)27)23(32)30(24(33)29-25)15-22(31)28-21-10-6-5-9-17(21)13-16-7-3-2-4-8-16/h2-12,14H,13,15H2,1H3,(H,28,31)(H,29,33). The van der Waals surface area contributed by atoms with Crippen LogP contribution in [0.4, 0.5) is 10.5 Å². The van der Waals surface area contributed by atoms with Gasteiger partial charge >= 0.3 is 6.03 Å². The van der Waals surface area contributed by atoms with Gasteiger partial charge < -0.3 is 10.6 Å². The van der Waals surface area contributed by atoms with Gasteiger partial charge in [0.2, 0.25) is 5.91 Å². The average molecular weight is 482 g/mol. The molecule has 1 fully saturated rings. The fourth-order valence-electron chi connectivity index (χ4n) is 3.86. The number of anilines is 1. The maximum atomic E-state index is 13.1. The van der Waals surface area contributed by atoms with Crippen molar-refractivity contribution >= 4 is 46.7 Å². The zero-order valence-corrected chi connectivity index (χ0v) is 19.3. The topological polar surface area (TPSA) is 78.5 Å². The number of nitrogens with zero attached hydrogens (tertiary/aromatic N) is 1. The maximum absolute atomic E-state index is 13.1. The molecule has 4 rings (SSSR count). The van der Waals surface area contributed by atoms with Gasteiger partial charge in [-0.3, -0.25) is 14.5 Å². The lowest BCUT2D eigenvalue weighted by Crippen LogP contribution is -2.42. The molecule has 3 aromatic rings. The fraction of sp³-hybridized carbons (Fsp3) is 0.160. The molecule has 1 unspecified atom stereocenters. The van der Waals surface area contributed by atoms with E-state index in [1.165, 1.54) is 6.07 Å². The largest absolute Gasteiger partial charge is 0.325 e. The summed E-state index contributed by atoms with van der Waals surface area (Å²) in [5.41, 5.74) is 1.66. The third-order valence-corrected chi connectivity index (χ3v) is 6.12. The average Bonchev–Trinajstić information content (AvgIpc) is 2.99. The first-order valence-electron chi connectivity index (χ1n) is 10.3. The summed E-state index contributed by atoms with van der Waals surface area (Å²) in [5.74, 6) is -1.05. The van der Waals surface area contributed by atoms with Crippen LogP contribution in [0.15, 0.2) is 72.8 Å². The number of benzene rings is 3. The second kappa shape index (κ2) is 9.25. The van der Waals surface area contributed by atoms with Crippen LogP contribution in [-0.4, -0.2) is 29.3 Å². The normalized spacial score (nSPS) is 17.7. The van der Waals surface area contributed by atoms with Gasteiger partial charge in [0.1, 0.15) is 12.1 Å². The lowest BCUT2D eigenvalue weighted by molar-refractivity contribution is -0.133. The Labute approximate surface area is 201 Å². The second-order valence-electron chi connectivity index (χ2n) is 7.94. The van der Waals surface area contributed by atoms with Gasteiger partial charge in [-0.1, -0.05) is 77.8 Å². The third kappa shape index (κ3) is 4.72. The molecule has 0 spiro atoms. The molecule has 4 amide bonds. The van der Waals surface area contributed by atoms with Gasteiger partial charge in [-0.15, -0.1) is 0 Å². The van der Waals surface area contributed by atoms with Crippen LogP contribution in [0.2, 0.25) is 10.0 Å². The first-order chi connectivity index (χ1) is 15.8. The Balaban J connectivity index is 1.49. The van der Waals surface area contributed by atoms with Crippen molar-refractivity contribution in [3.63, 3.8) is 0 Å². The van der Waals surface area contributed by atoms with E-state index >= 15 is 0 Å². The Bertz CT molecular complexity index is 1230. The Morgan fingerprint density at radius 1 is 1.00 bits per heavy atom. The van der Waals surface area contributed by atoms with E-state index in [4.69, 9.17) is 23.2 Å². The molecular weight excluding hydrogens is 461 g/mol. The van der Waals surface area contributed by atoms with Crippen LogP contribution in [0.3, 0.4) is 0 Å². The van der Waals surface area contributed by atoms with E-state index in [1.807, 2.05) is 48.5 Å². The van der Waals surface area contributed by atoms with Gasteiger partial charge in [0, 0.05) is 21.3 Å². The summed E-state index contributed by atoms with van der Waals surface area (Å²) >= 11 is 12.2. The van der Waals surface area contributed by atoms with Crippen LogP contribution in [0, 0.1) is 0 Å². The van der Waals surface area contributed by atoms with E-state index in [0.717, 1.165) is 16.0 Å². The van der Waals surface area contributed by atoms with Crippen LogP contribution < -0.4 is 10.6 Å². The number of nitrogens with one attached hydrogen (secondary N) is 2. The Kier molecular flexibility index (Phi) is 6.40. The maximum Gasteiger partial charge on any atom is 0.325 e. The third-order valence-electron chi connectivity index (χ3n) is 5.58. The molecular formula is C25H21Cl2N3O3. The van der Waals surface area contributed by atoms with E-state index in [-0.39, 0.29) is 5.02 Å². The molecule has 0 saturated carbocycles. The fourth-order valence-corrected chi connectivity index (χ4v) is 4.46. The summed E-state index contributed by atoms with van der Waals surface area (Å²) in [5, 5.41) is 6.14. The van der Waals surface area contributed by atoms with Crippen molar-refractivity contribution < 1.29 is 14.4 Å². The summed E-state index contributed by atoms with van der Waals surface area (Å²) in [6.07, 6.45) is 0.633. The van der Waals surface area contributed by atoms with Crippen molar-refractivity contribution in [2.45, 2.75) is 18.9 Å². The molecule has 0 radical (unpaired) electrons. The lowest BCUT2D eigenvalue weighted by Gasteiger charge is -2.23. The molecule has 6 nitrogen and oxygen atoms in total. The number of imide groups is 1. The highest BCUT2D eigenvalue weighted by Crippen LogP contribution is 2.35. The Hall–Kier alpha value is -3.35. The van der Waals surface area contributed by atoms with Gasteiger partial charge in [0.15, 0.2) is 0 Å². The number of carbonyl (C=O) groups is 3. The minimum atomic E-state index is -1.40. The number of hydrogen-bond donors (Lipinski definition) is 2. The van der Waals surface area contributed by atoms with Crippen LogP contribution >= 0.6 is 23.2 Å². The molecule has 1 heterocycles. The molecule has 1 aliphatic rings. The van der Waals surface area contributed by atoms with Crippen molar-refractivity contribution in [1.82, 2.24) is 10.2 Å². The van der Waals surface area contributed by atoms with Gasteiger partial charge in [-0.25, -0.2) is 4.79 Å². The number of para-hydroxylation sites is 1. The van der Waals surface area contributed by atoms with Gasteiger partial charge in [-0.2, -0.15) is 0 Å². The van der Waals surface area contributed by atoms with E-state index in [1.54, 1.807) is 25.1 Å². The van der Waals surface area contributed by atoms with E-state index < -0.39 is 29.9 Å². The molecule has 3 aromatic carbocycles. The molecule has 0 bridgehead atoms. The molecule has 0 aromatic heterocycles. The Morgan fingerprint density at radius 3 is 2.42 bits per heavy atom. The first kappa shape index (κ1) is 22.8. The molecule has 1 atom stereocenters. The highest BCUT2D eigenvalue weighted by molar-refractivity contribution is 6.35. The number of urea groups is 1. The zero-order valence-electron chi connectivity index (χ0n) is 17.8. The van der Waals surface area contributed by atoms with Crippen molar-refractivity contribution in [3.05, 3.63) is 99.5 Å². The minimum absolute atomic E-state index is 0.250. The summed E-state index contributed by atoms with van der Waals surface area (Å²) < 4.78 is 0. The van der Waals surface area contributed by atoms with Crippen LogP contribution in [0.1, 0.15) is 23.6 Å². The van der Waals surface area contributed by atoms with Crippen LogP contribution in [-0.2, 0) is 21.5 Å². The van der Waals surface area contributed by atoms with Crippen LogP contribution in [0.5, 0.6) is 0 Å². The summed E-state index contributed by atoms with van der Waals surface area (Å²) in [4.78, 5) is 39.4. The minimum Gasteiger partial charge on any atom is -0.324 e. The van der Waals surface area contributed by atoms with E-state index in [9.17, 15) is 14.4 Å². The predicted octanol–water partition coefficient (Wildman–Crippen LogP) is 4.99. The lowest BCUT2D eigenvalue weighted by atomic mass is 9.92. The monoisotopic (exact) mass is 481 g/mol. The summed E-state index contributed by atoms with van der Waals surface area (Å²) in [6.45, 7) is 1.13. The number of halogens is 2. The molecule has 168 valence electrons. The highest BCUT2D eigenvalue weighted by Gasteiger charge is 2.50. The van der Waals surface area contributed by atoms with Crippen molar-refractivity contribution in [3.8, 4) is 0 Å². The smallest absolute Gasteiger partial charge is 0.324 e. The molecule has 1 aliphatic heterocycles. The summed E-state index contributed by atoms with van der Waals surface area (Å²) in [6, 6.07) is 21.3. The second-order valence-corrected chi connectivity index (χ2v) is 8.78. The Morgan fingerprint density at radius 2 is 1.70 bits per heavy atom. The number of hydrogen-bond acceptors (Lipinski definition) is 3. The number of carbonyl (C=O) groups excluding carboxylic acids is 3. The quantitative estimate of drug-likeness (QED) is 0.486. The number of rotatable bonds is 6. The van der Waals surface area contributed by atoms with Crippen molar-refractivity contribution in [2.24, 2.45) is 0 Å². The van der Waals surface area contributed by atoms with E-state index in [2.05, 4.69) is 10.6 Å². The van der Waals surface area contributed by atoms with Crippen LogP contribution in [0.25, 0.3) is 0 Å². The molecule has 0 aliphatic carbocycles. The molecule has 8 heteroatoms. The zero-order chi connectivity index (χ0) is 23.6. The molecule has 2 N–H and O–H groups in total. The van der Waals surface area contributed by atoms with Crippen molar-refractivity contribution in [2.75, 3.05) is 11.9 Å². The van der Waals surface area contributed by atoms with E-state index in [0.29, 0.717) is 22.7 Å².